The summed E-state index contributed by atoms with van der Waals surface area (Å²) in [6, 6.07) is 3.89. The Morgan fingerprint density at radius 2 is 1.64 bits per heavy atom. The number of phenols is 1. The number of ether oxygens (including phenoxy) is 2. The van der Waals surface area contributed by atoms with Crippen molar-refractivity contribution in [3.8, 4) is 5.75 Å². The van der Waals surface area contributed by atoms with E-state index < -0.39 is 18.9 Å². The van der Waals surface area contributed by atoms with Gasteiger partial charge >= 0.3 is 12.1 Å². The van der Waals surface area contributed by atoms with E-state index in [2.05, 4.69) is 0 Å². The van der Waals surface area contributed by atoms with Crippen LogP contribution >= 0.6 is 0 Å². The van der Waals surface area contributed by atoms with Gasteiger partial charge in [0.1, 0.15) is 5.75 Å². The van der Waals surface area contributed by atoms with Crippen LogP contribution in [0.5, 0.6) is 5.75 Å². The number of carbonyl (C=O) groups is 2. The highest BCUT2D eigenvalue weighted by Crippen LogP contribution is 2.40. The van der Waals surface area contributed by atoms with Gasteiger partial charge in [-0.05, 0) is 52.8 Å². The van der Waals surface area contributed by atoms with Gasteiger partial charge in [0.15, 0.2) is 0 Å². The van der Waals surface area contributed by atoms with Crippen LogP contribution in [-0.4, -0.2) is 47.4 Å². The van der Waals surface area contributed by atoms with Crippen LogP contribution < -0.4 is 0 Å². The lowest BCUT2D eigenvalue weighted by molar-refractivity contribution is -0.147. The topological polar surface area (TPSA) is 79.3 Å². The van der Waals surface area contributed by atoms with Crippen molar-refractivity contribution in [3.05, 3.63) is 52.9 Å². The van der Waals surface area contributed by atoms with Crippen molar-refractivity contribution in [1.82, 2.24) is 9.80 Å². The molecule has 1 aliphatic rings. The minimum atomic E-state index is -0.567. The van der Waals surface area contributed by atoms with Crippen LogP contribution in [0, 0.1) is 0 Å². The van der Waals surface area contributed by atoms with Gasteiger partial charge in [0.25, 0.3) is 0 Å². The first kappa shape index (κ1) is 26.3. The Kier molecular flexibility index (Phi) is 8.22. The van der Waals surface area contributed by atoms with Crippen LogP contribution in [0.25, 0.3) is 0 Å². The molecule has 0 spiro atoms. The molecule has 182 valence electrons. The third-order valence-corrected chi connectivity index (χ3v) is 5.47. The summed E-state index contributed by atoms with van der Waals surface area (Å²) in [6.45, 7) is 14.4. The van der Waals surface area contributed by atoms with Gasteiger partial charge in [-0.25, -0.2) is 9.59 Å². The Balaban J connectivity index is 2.10. The maximum Gasteiger partial charge on any atom is 0.412 e. The van der Waals surface area contributed by atoms with E-state index in [1.807, 2.05) is 79.9 Å². The Hall–Kier alpha value is -2.96. The highest BCUT2D eigenvalue weighted by Gasteiger charge is 2.27. The van der Waals surface area contributed by atoms with Crippen LogP contribution in [-0.2, 0) is 31.6 Å². The van der Waals surface area contributed by atoms with Crippen molar-refractivity contribution in [2.24, 2.45) is 0 Å². The van der Waals surface area contributed by atoms with E-state index in [1.165, 1.54) is 4.90 Å². The third kappa shape index (κ3) is 7.01. The zero-order chi connectivity index (χ0) is 25.0. The van der Waals surface area contributed by atoms with Gasteiger partial charge in [0.2, 0.25) is 6.79 Å². The van der Waals surface area contributed by atoms with Crippen molar-refractivity contribution in [1.29, 1.82) is 0 Å². The van der Waals surface area contributed by atoms with Gasteiger partial charge in [0, 0.05) is 32.8 Å². The van der Waals surface area contributed by atoms with E-state index in [-0.39, 0.29) is 10.8 Å². The molecule has 1 heterocycles. The standard InChI is InChI=1S/C26H38N2O5/c1-9-28(24(31)33-17-32-23(30)19-11-10-12-27(8)16-19)15-18-13-20(25(2,3)4)22(29)21(14-18)26(5,6)7/h10,12-14,16,29H,9,11,15,17H2,1-8H3. The van der Waals surface area contributed by atoms with Crippen LogP contribution in [0.2, 0.25) is 0 Å². The van der Waals surface area contributed by atoms with E-state index in [0.717, 1.165) is 16.7 Å². The molecule has 0 unspecified atom stereocenters. The molecule has 0 atom stereocenters. The summed E-state index contributed by atoms with van der Waals surface area (Å²) >= 11 is 0. The summed E-state index contributed by atoms with van der Waals surface area (Å²) in [5.74, 6) is -0.209. The summed E-state index contributed by atoms with van der Waals surface area (Å²) in [4.78, 5) is 28.1. The second-order valence-electron chi connectivity index (χ2n) is 10.4. The second-order valence-corrected chi connectivity index (χ2v) is 10.4. The molecule has 2 rings (SSSR count). The van der Waals surface area contributed by atoms with Crippen LogP contribution in [0.3, 0.4) is 0 Å². The molecule has 7 heteroatoms. The molecule has 0 radical (unpaired) electrons. The van der Waals surface area contributed by atoms with Gasteiger partial charge < -0.3 is 24.4 Å². The van der Waals surface area contributed by atoms with Crippen molar-refractivity contribution in [2.75, 3.05) is 20.4 Å². The maximum atomic E-state index is 12.6. The summed E-state index contributed by atoms with van der Waals surface area (Å²) in [6.07, 6.45) is 5.31. The number of allylic oxidation sites excluding steroid dienone is 1. The van der Waals surface area contributed by atoms with E-state index in [9.17, 15) is 14.7 Å². The number of esters is 1. The van der Waals surface area contributed by atoms with Gasteiger partial charge in [-0.1, -0.05) is 47.6 Å². The van der Waals surface area contributed by atoms with Gasteiger partial charge in [-0.15, -0.1) is 0 Å². The largest absolute Gasteiger partial charge is 0.507 e. The maximum absolute atomic E-state index is 12.6. The molecular weight excluding hydrogens is 420 g/mol. The highest BCUT2D eigenvalue weighted by molar-refractivity contribution is 5.88. The van der Waals surface area contributed by atoms with Crippen LogP contribution in [0.1, 0.15) is 71.6 Å². The summed E-state index contributed by atoms with van der Waals surface area (Å²) < 4.78 is 10.3. The molecule has 7 nitrogen and oxygen atoms in total. The summed E-state index contributed by atoms with van der Waals surface area (Å²) in [5.41, 5.74) is 2.55. The number of hydrogen-bond acceptors (Lipinski definition) is 6. The van der Waals surface area contributed by atoms with Crippen LogP contribution in [0.4, 0.5) is 4.79 Å². The Bertz CT molecular complexity index is 900. The average molecular weight is 459 g/mol. The molecule has 1 N–H and O–H groups in total. The smallest absolute Gasteiger partial charge is 0.412 e. The number of aromatic hydroxyl groups is 1. The summed E-state index contributed by atoms with van der Waals surface area (Å²) in [7, 11) is 1.82. The SMILES string of the molecule is CCN(Cc1cc(C(C)(C)C)c(O)c(C(C)(C)C)c1)C(=O)OCOC(=O)C1=CN(C)C=CC1. The number of phenolic OH excluding ortho intramolecular Hbond substituents is 1. The Morgan fingerprint density at radius 1 is 1.06 bits per heavy atom. The first-order chi connectivity index (χ1) is 15.2. The Morgan fingerprint density at radius 3 is 2.12 bits per heavy atom. The number of nitrogens with zero attached hydrogens (tertiary/aromatic N) is 2. The molecule has 0 aliphatic carbocycles. The van der Waals surface area contributed by atoms with E-state index in [1.54, 1.807) is 11.1 Å². The zero-order valence-corrected chi connectivity index (χ0v) is 21.2. The number of amides is 1. The lowest BCUT2D eigenvalue weighted by atomic mass is 9.78. The predicted molar refractivity (Wildman–Crippen MR) is 129 cm³/mol. The minimum absolute atomic E-state index is 0.261. The molecular formula is C26H38N2O5. The highest BCUT2D eigenvalue weighted by atomic mass is 16.7. The normalized spacial score (nSPS) is 14.1. The molecule has 1 aromatic carbocycles. The van der Waals surface area contributed by atoms with Crippen LogP contribution in [0.15, 0.2) is 36.2 Å². The van der Waals surface area contributed by atoms with E-state index in [0.29, 0.717) is 30.8 Å². The van der Waals surface area contributed by atoms with Gasteiger partial charge in [-0.3, -0.25) is 0 Å². The first-order valence-electron chi connectivity index (χ1n) is 11.3. The fraction of sp³-hybridized carbons (Fsp3) is 0.538. The first-order valence-corrected chi connectivity index (χ1v) is 11.3. The number of hydrogen-bond donors (Lipinski definition) is 1. The van der Waals surface area contributed by atoms with E-state index in [4.69, 9.17) is 9.47 Å². The molecule has 0 saturated carbocycles. The fourth-order valence-electron chi connectivity index (χ4n) is 3.60. The minimum Gasteiger partial charge on any atom is -0.507 e. The van der Waals surface area contributed by atoms with Crippen molar-refractivity contribution >= 4 is 12.1 Å². The summed E-state index contributed by atoms with van der Waals surface area (Å²) in [5, 5.41) is 10.9. The fourth-order valence-corrected chi connectivity index (χ4v) is 3.60. The quantitative estimate of drug-likeness (QED) is 0.467. The molecule has 0 aromatic heterocycles. The lowest BCUT2D eigenvalue weighted by Crippen LogP contribution is -2.32. The van der Waals surface area contributed by atoms with Gasteiger partial charge in [0.05, 0.1) is 5.57 Å². The Labute approximate surface area is 197 Å². The molecule has 1 amide bonds. The molecule has 0 bridgehead atoms. The van der Waals surface area contributed by atoms with Gasteiger partial charge in [-0.2, -0.15) is 0 Å². The van der Waals surface area contributed by atoms with Crippen molar-refractivity contribution < 1.29 is 24.2 Å². The predicted octanol–water partition coefficient (Wildman–Crippen LogP) is 5.18. The number of carbonyl (C=O) groups excluding carboxylic acids is 2. The van der Waals surface area contributed by atoms with Crippen molar-refractivity contribution in [2.45, 2.75) is 72.3 Å². The molecule has 0 fully saturated rings. The van der Waals surface area contributed by atoms with E-state index >= 15 is 0 Å². The molecule has 1 aromatic rings. The number of rotatable bonds is 6. The molecule has 33 heavy (non-hydrogen) atoms. The molecule has 1 aliphatic heterocycles. The second kappa shape index (κ2) is 10.3. The van der Waals surface area contributed by atoms with Crippen molar-refractivity contribution in [3.63, 3.8) is 0 Å². The third-order valence-electron chi connectivity index (χ3n) is 5.47. The number of benzene rings is 1. The lowest BCUT2D eigenvalue weighted by Gasteiger charge is -2.29. The average Bonchev–Trinajstić information content (AvgIpc) is 2.70. The monoisotopic (exact) mass is 458 g/mol. The molecule has 0 saturated heterocycles. The zero-order valence-electron chi connectivity index (χ0n) is 21.2.